The molecule has 1 spiro atoms. The van der Waals surface area contributed by atoms with Gasteiger partial charge in [0, 0.05) is 0 Å². The molecule has 3 nitrogen and oxygen atoms in total. The lowest BCUT2D eigenvalue weighted by Gasteiger charge is -2.34. The van der Waals surface area contributed by atoms with Crippen molar-refractivity contribution in [1.29, 1.82) is 0 Å². The second kappa shape index (κ2) is 6.77. The average molecular weight is 423 g/mol. The van der Waals surface area contributed by atoms with Crippen LogP contribution in [-0.2, 0) is 5.41 Å². The van der Waals surface area contributed by atoms with Gasteiger partial charge in [-0.3, -0.25) is 0 Å². The van der Waals surface area contributed by atoms with E-state index in [9.17, 15) is 0 Å². The largest absolute Gasteiger partial charge is 0.496 e. The highest BCUT2D eigenvalue weighted by atomic mass is 16.5. The molecule has 0 N–H and O–H groups in total. The van der Waals surface area contributed by atoms with E-state index in [0.29, 0.717) is 0 Å². The first-order chi connectivity index (χ1) is 15.6. The molecule has 160 valence electrons. The van der Waals surface area contributed by atoms with Crippen molar-refractivity contribution in [1.82, 2.24) is 0 Å². The molecule has 32 heavy (non-hydrogen) atoms. The van der Waals surface area contributed by atoms with Crippen LogP contribution in [0.5, 0.6) is 17.2 Å². The van der Waals surface area contributed by atoms with Gasteiger partial charge in [0.1, 0.15) is 5.75 Å². The summed E-state index contributed by atoms with van der Waals surface area (Å²) in [5.41, 5.74) is 11.4. The molecule has 3 heteroatoms. The summed E-state index contributed by atoms with van der Waals surface area (Å²) in [5.74, 6) is 2.42. The highest BCUT2D eigenvalue weighted by molar-refractivity contribution is 5.98. The molecule has 6 rings (SSSR count). The van der Waals surface area contributed by atoms with Crippen LogP contribution in [-0.4, -0.2) is 21.3 Å². The quantitative estimate of drug-likeness (QED) is 0.485. The maximum absolute atomic E-state index is 5.78. The lowest BCUT2D eigenvalue weighted by molar-refractivity contribution is 0.354. The summed E-state index contributed by atoms with van der Waals surface area (Å²) in [5, 5.41) is 0. The molecule has 0 radical (unpaired) electrons. The minimum absolute atomic E-state index is 0.321. The number of methoxy groups -OCH3 is 3. The standard InChI is InChI=1S/C29H26O3/c1-17-13-24-20(14-26(17)30-2)21-15-27(31-3)28(32-4)16-25(21)29(24)22-11-7-5-9-18(22)19-10-6-8-12-23(19)29/h5-7,9-11,13-16H,8,12H2,1-4H3. The zero-order chi connectivity index (χ0) is 22.0. The predicted molar refractivity (Wildman–Crippen MR) is 128 cm³/mol. The molecule has 3 aromatic rings. The molecule has 0 aliphatic heterocycles. The molecular weight excluding hydrogens is 396 g/mol. The van der Waals surface area contributed by atoms with Crippen LogP contribution >= 0.6 is 0 Å². The third-order valence-electron chi connectivity index (χ3n) is 7.40. The Kier molecular flexibility index (Phi) is 4.07. The fourth-order valence-corrected chi connectivity index (χ4v) is 6.13. The number of hydrogen-bond acceptors (Lipinski definition) is 3. The topological polar surface area (TPSA) is 27.7 Å². The molecule has 3 aromatic carbocycles. The average Bonchev–Trinajstić information content (AvgIpc) is 3.28. The van der Waals surface area contributed by atoms with Gasteiger partial charge in [0.15, 0.2) is 11.5 Å². The van der Waals surface area contributed by atoms with Crippen molar-refractivity contribution in [2.75, 3.05) is 21.3 Å². The molecule has 0 heterocycles. The summed E-state index contributed by atoms with van der Waals surface area (Å²) in [6.45, 7) is 2.13. The lowest BCUT2D eigenvalue weighted by atomic mass is 9.68. The fourth-order valence-electron chi connectivity index (χ4n) is 6.13. The first-order valence-corrected chi connectivity index (χ1v) is 11.1. The monoisotopic (exact) mass is 422 g/mol. The van der Waals surface area contributed by atoms with Gasteiger partial charge in [0.2, 0.25) is 0 Å². The molecule has 3 aliphatic rings. The maximum Gasteiger partial charge on any atom is 0.161 e. The second-order valence-electron chi connectivity index (χ2n) is 8.75. The Hall–Kier alpha value is -3.46. The minimum atomic E-state index is -0.321. The second-order valence-corrected chi connectivity index (χ2v) is 8.75. The van der Waals surface area contributed by atoms with Crippen LogP contribution in [0, 0.1) is 6.92 Å². The molecular formula is C29H26O3. The summed E-state index contributed by atoms with van der Waals surface area (Å²) in [7, 11) is 5.15. The highest BCUT2D eigenvalue weighted by Crippen LogP contribution is 2.65. The summed E-state index contributed by atoms with van der Waals surface area (Å²) in [6, 6.07) is 17.7. The Balaban J connectivity index is 1.81. The van der Waals surface area contributed by atoms with Crippen molar-refractivity contribution in [3.63, 3.8) is 0 Å². The van der Waals surface area contributed by atoms with E-state index in [2.05, 4.69) is 67.6 Å². The molecule has 0 saturated heterocycles. The van der Waals surface area contributed by atoms with Crippen molar-refractivity contribution in [3.05, 3.63) is 94.1 Å². The van der Waals surface area contributed by atoms with E-state index in [1.807, 2.05) is 0 Å². The van der Waals surface area contributed by atoms with Crippen molar-refractivity contribution in [2.45, 2.75) is 25.2 Å². The van der Waals surface area contributed by atoms with Gasteiger partial charge >= 0.3 is 0 Å². The lowest BCUT2D eigenvalue weighted by Crippen LogP contribution is -2.28. The van der Waals surface area contributed by atoms with Crippen molar-refractivity contribution >= 4 is 5.57 Å². The number of rotatable bonds is 3. The van der Waals surface area contributed by atoms with Gasteiger partial charge in [-0.25, -0.2) is 0 Å². The molecule has 1 unspecified atom stereocenters. The van der Waals surface area contributed by atoms with Crippen LogP contribution < -0.4 is 14.2 Å². The van der Waals surface area contributed by atoms with Gasteiger partial charge < -0.3 is 14.2 Å². The van der Waals surface area contributed by atoms with Crippen molar-refractivity contribution in [2.24, 2.45) is 0 Å². The van der Waals surface area contributed by atoms with E-state index < -0.39 is 0 Å². The highest BCUT2D eigenvalue weighted by Gasteiger charge is 2.53. The normalized spacial score (nSPS) is 19.5. The van der Waals surface area contributed by atoms with Crippen LogP contribution in [0.3, 0.4) is 0 Å². The van der Waals surface area contributed by atoms with Crippen LogP contribution in [0.25, 0.3) is 16.7 Å². The Morgan fingerprint density at radius 2 is 1.38 bits per heavy atom. The Morgan fingerprint density at radius 1 is 0.719 bits per heavy atom. The predicted octanol–water partition coefficient (Wildman–Crippen LogP) is 6.45. The van der Waals surface area contributed by atoms with Gasteiger partial charge in [-0.2, -0.15) is 0 Å². The third-order valence-corrected chi connectivity index (χ3v) is 7.40. The summed E-state index contributed by atoms with van der Waals surface area (Å²) < 4.78 is 17.2. The molecule has 0 amide bonds. The molecule has 1 atom stereocenters. The number of aryl methyl sites for hydroxylation is 1. The van der Waals surface area contributed by atoms with E-state index in [0.717, 1.165) is 35.7 Å². The van der Waals surface area contributed by atoms with Gasteiger partial charge in [-0.15, -0.1) is 0 Å². The first kappa shape index (κ1) is 19.2. The zero-order valence-corrected chi connectivity index (χ0v) is 18.9. The summed E-state index contributed by atoms with van der Waals surface area (Å²) in [4.78, 5) is 0. The third kappa shape index (κ3) is 2.21. The van der Waals surface area contributed by atoms with Crippen LogP contribution in [0.2, 0.25) is 0 Å². The van der Waals surface area contributed by atoms with E-state index in [1.165, 1.54) is 44.5 Å². The summed E-state index contributed by atoms with van der Waals surface area (Å²) in [6.07, 6.45) is 6.72. The number of fused-ring (bicyclic) bond motifs is 9. The zero-order valence-electron chi connectivity index (χ0n) is 18.9. The fraction of sp³-hybridized carbons (Fsp3) is 0.241. The number of benzene rings is 3. The summed E-state index contributed by atoms with van der Waals surface area (Å²) >= 11 is 0. The van der Waals surface area contributed by atoms with Crippen LogP contribution in [0.1, 0.15) is 40.7 Å². The van der Waals surface area contributed by atoms with E-state index in [4.69, 9.17) is 14.2 Å². The number of hydrogen-bond donors (Lipinski definition) is 0. The SMILES string of the molecule is COc1cc2c(cc1C)C1(C3=C(C=CCC3)c3ccccc31)c1cc(OC)c(OC)cc1-2. The van der Waals surface area contributed by atoms with Crippen molar-refractivity contribution in [3.8, 4) is 28.4 Å². The van der Waals surface area contributed by atoms with Crippen LogP contribution in [0.4, 0.5) is 0 Å². The van der Waals surface area contributed by atoms with Gasteiger partial charge in [0.25, 0.3) is 0 Å². The van der Waals surface area contributed by atoms with Gasteiger partial charge in [-0.1, -0.05) is 42.5 Å². The Bertz CT molecular complexity index is 1340. The van der Waals surface area contributed by atoms with E-state index in [-0.39, 0.29) is 5.41 Å². The Morgan fingerprint density at radius 3 is 2.12 bits per heavy atom. The number of allylic oxidation sites excluding steroid dienone is 4. The van der Waals surface area contributed by atoms with E-state index >= 15 is 0 Å². The van der Waals surface area contributed by atoms with Gasteiger partial charge in [-0.05, 0) is 88.1 Å². The molecule has 0 fully saturated rings. The molecule has 0 bridgehead atoms. The smallest absolute Gasteiger partial charge is 0.161 e. The minimum Gasteiger partial charge on any atom is -0.496 e. The van der Waals surface area contributed by atoms with E-state index in [1.54, 1.807) is 21.3 Å². The molecule has 0 aromatic heterocycles. The molecule has 3 aliphatic carbocycles. The number of ether oxygens (including phenoxy) is 3. The maximum atomic E-state index is 5.78. The van der Waals surface area contributed by atoms with Crippen LogP contribution in [0.15, 0.2) is 66.3 Å². The van der Waals surface area contributed by atoms with Gasteiger partial charge in [0.05, 0.1) is 26.7 Å². The molecule has 0 saturated carbocycles. The Labute approximate surface area is 189 Å². The first-order valence-electron chi connectivity index (χ1n) is 11.1. The van der Waals surface area contributed by atoms with Crippen molar-refractivity contribution < 1.29 is 14.2 Å².